The lowest BCUT2D eigenvalue weighted by molar-refractivity contribution is -0.384. The van der Waals surface area contributed by atoms with Crippen LogP contribution in [0.3, 0.4) is 0 Å². The zero-order valence-electron chi connectivity index (χ0n) is 12.5. The highest BCUT2D eigenvalue weighted by Gasteiger charge is 2.14. The van der Waals surface area contributed by atoms with Crippen molar-refractivity contribution in [3.8, 4) is 17.3 Å². The maximum atomic E-state index is 11.9. The summed E-state index contributed by atoms with van der Waals surface area (Å²) in [7, 11) is 0. The van der Waals surface area contributed by atoms with E-state index in [2.05, 4.69) is 22.1 Å². The highest BCUT2D eigenvalue weighted by Crippen LogP contribution is 2.26. The summed E-state index contributed by atoms with van der Waals surface area (Å²) in [5.74, 6) is -0.538. The van der Waals surface area contributed by atoms with Gasteiger partial charge in [0, 0.05) is 29.8 Å². The molecule has 0 bridgehead atoms. The van der Waals surface area contributed by atoms with Crippen LogP contribution in [0.4, 0.5) is 5.69 Å². The molecule has 8 heteroatoms. The Labute approximate surface area is 137 Å². The Morgan fingerprint density at radius 2 is 2.33 bits per heavy atom. The van der Waals surface area contributed by atoms with E-state index in [0.717, 1.165) is 0 Å². The summed E-state index contributed by atoms with van der Waals surface area (Å²) in [4.78, 5) is 22.3. The maximum absolute atomic E-state index is 11.9. The van der Waals surface area contributed by atoms with Gasteiger partial charge < -0.3 is 5.32 Å². The van der Waals surface area contributed by atoms with Crippen molar-refractivity contribution in [3.63, 3.8) is 0 Å². The molecule has 0 aliphatic rings. The van der Waals surface area contributed by atoms with Crippen molar-refractivity contribution in [1.82, 2.24) is 15.5 Å². The topological polar surface area (TPSA) is 125 Å². The standard InChI is InChI=1S/C16H13N5O3/c1-2-6-18-16(22)12(9-17)7-13-10-19-20-15(13)11-4-3-5-14(8-11)21(23)24/h2-5,7-8,10H,1,6H2,(H,18,22)(H,19,20). The van der Waals surface area contributed by atoms with E-state index in [1.54, 1.807) is 12.1 Å². The number of H-pyrrole nitrogens is 1. The summed E-state index contributed by atoms with van der Waals surface area (Å²) in [6.07, 6.45) is 4.31. The van der Waals surface area contributed by atoms with Gasteiger partial charge in [0.05, 0.1) is 16.8 Å². The molecule has 1 aromatic heterocycles. The largest absolute Gasteiger partial charge is 0.348 e. The molecular formula is C16H13N5O3. The number of aromatic nitrogens is 2. The first-order chi connectivity index (χ1) is 11.6. The number of carbonyl (C=O) groups is 1. The van der Waals surface area contributed by atoms with Gasteiger partial charge in [-0.25, -0.2) is 0 Å². The van der Waals surface area contributed by atoms with Crippen LogP contribution in [0.15, 0.2) is 48.7 Å². The Kier molecular flexibility index (Phi) is 5.20. The molecule has 0 saturated carbocycles. The average molecular weight is 323 g/mol. The van der Waals surface area contributed by atoms with Gasteiger partial charge in [-0.2, -0.15) is 10.4 Å². The number of nitro benzene ring substituents is 1. The lowest BCUT2D eigenvalue weighted by Gasteiger charge is -2.02. The van der Waals surface area contributed by atoms with Gasteiger partial charge in [0.1, 0.15) is 11.6 Å². The number of aromatic amines is 1. The number of nitriles is 1. The number of nitrogens with one attached hydrogen (secondary N) is 2. The molecule has 120 valence electrons. The molecule has 1 heterocycles. The number of amides is 1. The molecule has 0 saturated heterocycles. The molecule has 0 aliphatic carbocycles. The van der Waals surface area contributed by atoms with Crippen LogP contribution in [0.1, 0.15) is 5.56 Å². The van der Waals surface area contributed by atoms with Crippen LogP contribution in [0.5, 0.6) is 0 Å². The molecule has 1 amide bonds. The van der Waals surface area contributed by atoms with Crippen molar-refractivity contribution in [2.75, 3.05) is 6.54 Å². The van der Waals surface area contributed by atoms with Gasteiger partial charge in [-0.05, 0) is 6.08 Å². The van der Waals surface area contributed by atoms with Gasteiger partial charge in [-0.1, -0.05) is 18.2 Å². The molecule has 0 atom stereocenters. The number of carbonyl (C=O) groups excluding carboxylic acids is 1. The van der Waals surface area contributed by atoms with Gasteiger partial charge >= 0.3 is 0 Å². The molecule has 2 rings (SSSR count). The SMILES string of the molecule is C=CCNC(=O)C(C#N)=Cc1cn[nH]c1-c1cccc([N+](=O)[O-])c1. The van der Waals surface area contributed by atoms with Crippen molar-refractivity contribution in [2.45, 2.75) is 0 Å². The van der Waals surface area contributed by atoms with E-state index in [9.17, 15) is 14.9 Å². The number of hydrogen-bond donors (Lipinski definition) is 2. The second kappa shape index (κ2) is 7.51. The minimum atomic E-state index is -0.538. The van der Waals surface area contributed by atoms with E-state index in [-0.39, 0.29) is 17.8 Å². The molecule has 2 N–H and O–H groups in total. The Hall–Kier alpha value is -3.73. The Morgan fingerprint density at radius 3 is 3.00 bits per heavy atom. The van der Waals surface area contributed by atoms with E-state index >= 15 is 0 Å². The lowest BCUT2D eigenvalue weighted by atomic mass is 10.1. The van der Waals surface area contributed by atoms with E-state index in [1.807, 2.05) is 6.07 Å². The number of non-ortho nitro benzene ring substituents is 1. The zero-order chi connectivity index (χ0) is 17.5. The first-order valence-corrected chi connectivity index (χ1v) is 6.86. The molecule has 0 unspecified atom stereocenters. The summed E-state index contributed by atoms with van der Waals surface area (Å²) >= 11 is 0. The van der Waals surface area contributed by atoms with Crippen LogP contribution >= 0.6 is 0 Å². The summed E-state index contributed by atoms with van der Waals surface area (Å²) in [6, 6.07) is 7.79. The summed E-state index contributed by atoms with van der Waals surface area (Å²) < 4.78 is 0. The monoisotopic (exact) mass is 323 g/mol. The van der Waals surface area contributed by atoms with Crippen molar-refractivity contribution in [1.29, 1.82) is 5.26 Å². The summed E-state index contributed by atoms with van der Waals surface area (Å²) in [6.45, 7) is 3.72. The van der Waals surface area contributed by atoms with Crippen LogP contribution in [-0.4, -0.2) is 27.6 Å². The maximum Gasteiger partial charge on any atom is 0.270 e. The van der Waals surface area contributed by atoms with E-state index in [1.165, 1.54) is 30.5 Å². The Balaban J connectivity index is 2.40. The average Bonchev–Trinajstić information content (AvgIpc) is 3.05. The fourth-order valence-electron chi connectivity index (χ4n) is 1.98. The van der Waals surface area contributed by atoms with Gasteiger partial charge in [0.25, 0.3) is 11.6 Å². The van der Waals surface area contributed by atoms with Gasteiger partial charge in [-0.15, -0.1) is 6.58 Å². The highest BCUT2D eigenvalue weighted by atomic mass is 16.6. The van der Waals surface area contributed by atoms with Crippen LogP contribution in [0.25, 0.3) is 17.3 Å². The predicted molar refractivity (Wildman–Crippen MR) is 87.5 cm³/mol. The minimum absolute atomic E-state index is 0.0683. The second-order valence-electron chi connectivity index (χ2n) is 4.68. The van der Waals surface area contributed by atoms with Gasteiger partial charge in [-0.3, -0.25) is 20.0 Å². The number of rotatable bonds is 6. The highest BCUT2D eigenvalue weighted by molar-refractivity contribution is 6.02. The number of hydrogen-bond acceptors (Lipinski definition) is 5. The lowest BCUT2D eigenvalue weighted by Crippen LogP contribution is -2.24. The third kappa shape index (κ3) is 3.72. The van der Waals surface area contributed by atoms with Gasteiger partial charge in [0.15, 0.2) is 0 Å². The molecule has 24 heavy (non-hydrogen) atoms. The smallest absolute Gasteiger partial charge is 0.270 e. The summed E-state index contributed by atoms with van der Waals surface area (Å²) in [5, 5.41) is 29.2. The fraction of sp³-hybridized carbons (Fsp3) is 0.0625. The van der Waals surface area contributed by atoms with Crippen LogP contribution < -0.4 is 5.32 Å². The third-order valence-corrected chi connectivity index (χ3v) is 3.09. The molecule has 0 fully saturated rings. The van der Waals surface area contributed by atoms with Crippen molar-refractivity contribution in [2.24, 2.45) is 0 Å². The van der Waals surface area contributed by atoms with E-state index in [0.29, 0.717) is 16.8 Å². The van der Waals surface area contributed by atoms with Crippen LogP contribution in [0.2, 0.25) is 0 Å². The molecule has 0 radical (unpaired) electrons. The van der Waals surface area contributed by atoms with Gasteiger partial charge in [0.2, 0.25) is 0 Å². The number of nitro groups is 1. The molecule has 1 aromatic carbocycles. The Bertz CT molecular complexity index is 861. The quantitative estimate of drug-likeness (QED) is 0.277. The predicted octanol–water partition coefficient (Wildman–Crippen LogP) is 2.19. The van der Waals surface area contributed by atoms with Crippen molar-refractivity contribution in [3.05, 3.63) is 64.4 Å². The molecular weight excluding hydrogens is 310 g/mol. The molecule has 2 aromatic rings. The number of benzene rings is 1. The Morgan fingerprint density at radius 1 is 1.54 bits per heavy atom. The zero-order valence-corrected chi connectivity index (χ0v) is 12.5. The molecule has 0 aliphatic heterocycles. The summed E-state index contributed by atoms with van der Waals surface area (Å²) in [5.41, 5.74) is 1.30. The fourth-order valence-corrected chi connectivity index (χ4v) is 1.98. The minimum Gasteiger partial charge on any atom is -0.348 e. The normalized spacial score (nSPS) is 10.7. The third-order valence-electron chi connectivity index (χ3n) is 3.09. The molecule has 8 nitrogen and oxygen atoms in total. The second-order valence-corrected chi connectivity index (χ2v) is 4.68. The van der Waals surface area contributed by atoms with Crippen LogP contribution in [-0.2, 0) is 4.79 Å². The first kappa shape index (κ1) is 16.6. The van der Waals surface area contributed by atoms with E-state index < -0.39 is 10.8 Å². The van der Waals surface area contributed by atoms with E-state index in [4.69, 9.17) is 5.26 Å². The van der Waals surface area contributed by atoms with Crippen molar-refractivity contribution < 1.29 is 9.72 Å². The first-order valence-electron chi connectivity index (χ1n) is 6.86. The molecule has 0 spiro atoms. The van der Waals surface area contributed by atoms with Crippen LogP contribution in [0, 0.1) is 21.4 Å². The number of nitrogens with zero attached hydrogens (tertiary/aromatic N) is 3. The van der Waals surface area contributed by atoms with Crippen molar-refractivity contribution >= 4 is 17.7 Å².